The van der Waals surface area contributed by atoms with Crippen LogP contribution in [0.25, 0.3) is 0 Å². The number of hydrogen-bond acceptors (Lipinski definition) is 2. The van der Waals surface area contributed by atoms with Gasteiger partial charge < -0.3 is 0 Å². The molecule has 18 heavy (non-hydrogen) atoms. The van der Waals surface area contributed by atoms with Crippen molar-refractivity contribution >= 4 is 26.0 Å². The summed E-state index contributed by atoms with van der Waals surface area (Å²) in [5.74, 6) is 0.722. The molecule has 0 radical (unpaired) electrons. The molecule has 100 valence electrons. The third-order valence-corrected chi connectivity index (χ3v) is 5.25. The third kappa shape index (κ3) is 3.80. The van der Waals surface area contributed by atoms with Crippen molar-refractivity contribution in [3.8, 4) is 0 Å². The number of sulfonamides is 1. The lowest BCUT2D eigenvalue weighted by Gasteiger charge is -2.16. The van der Waals surface area contributed by atoms with Gasteiger partial charge in [0.25, 0.3) is 0 Å². The van der Waals surface area contributed by atoms with E-state index in [9.17, 15) is 8.42 Å². The predicted molar refractivity (Wildman–Crippen MR) is 75.9 cm³/mol. The van der Waals surface area contributed by atoms with Gasteiger partial charge in [0.15, 0.2) is 0 Å². The number of rotatable bonds is 6. The summed E-state index contributed by atoms with van der Waals surface area (Å²) in [5, 5.41) is 0. The molecule has 1 unspecified atom stereocenters. The molecule has 0 bridgehead atoms. The second-order valence-corrected chi connectivity index (χ2v) is 7.49. The summed E-state index contributed by atoms with van der Waals surface area (Å²) in [4.78, 5) is 0.325. The maximum Gasteiger partial charge on any atom is 0.240 e. The maximum atomic E-state index is 12.2. The highest BCUT2D eigenvalue weighted by molar-refractivity contribution is 9.10. The summed E-state index contributed by atoms with van der Waals surface area (Å²) in [7, 11) is -3.39. The van der Waals surface area contributed by atoms with Crippen molar-refractivity contribution in [2.24, 2.45) is 5.92 Å². The van der Waals surface area contributed by atoms with Crippen molar-refractivity contribution in [2.75, 3.05) is 0 Å². The minimum Gasteiger partial charge on any atom is -0.208 e. The van der Waals surface area contributed by atoms with Gasteiger partial charge in [-0.3, -0.25) is 0 Å². The lowest BCUT2D eigenvalue weighted by molar-refractivity contribution is 0.495. The number of hydrogen-bond donors (Lipinski definition) is 1. The Kier molecular flexibility index (Phi) is 4.45. The zero-order valence-corrected chi connectivity index (χ0v) is 12.8. The standard InChI is InChI=1S/C13H18BrNO2S/c1-2-12(8-10-6-7-10)15-18(16,17)13-5-3-4-11(14)9-13/h3-5,9-10,12,15H,2,6-8H2,1H3. The van der Waals surface area contributed by atoms with Gasteiger partial charge in [-0.05, 0) is 37.0 Å². The molecule has 0 amide bonds. The molecule has 1 saturated carbocycles. The van der Waals surface area contributed by atoms with Crippen molar-refractivity contribution in [1.82, 2.24) is 4.72 Å². The molecule has 0 aliphatic heterocycles. The Balaban J connectivity index is 2.09. The Morgan fingerprint density at radius 2 is 2.17 bits per heavy atom. The van der Waals surface area contributed by atoms with Crippen LogP contribution in [0, 0.1) is 5.92 Å². The van der Waals surface area contributed by atoms with Crippen LogP contribution >= 0.6 is 15.9 Å². The largest absolute Gasteiger partial charge is 0.240 e. The molecule has 1 aromatic carbocycles. The van der Waals surface area contributed by atoms with E-state index < -0.39 is 10.0 Å². The average Bonchev–Trinajstić information content (AvgIpc) is 3.12. The summed E-state index contributed by atoms with van der Waals surface area (Å²) in [5.41, 5.74) is 0. The van der Waals surface area contributed by atoms with Gasteiger partial charge in [-0.15, -0.1) is 0 Å². The van der Waals surface area contributed by atoms with Gasteiger partial charge in [-0.1, -0.05) is 41.8 Å². The monoisotopic (exact) mass is 331 g/mol. The molecule has 5 heteroatoms. The van der Waals surface area contributed by atoms with Crippen molar-refractivity contribution in [2.45, 2.75) is 43.5 Å². The fourth-order valence-corrected chi connectivity index (χ4v) is 3.90. The van der Waals surface area contributed by atoms with E-state index in [1.165, 1.54) is 12.8 Å². The fourth-order valence-electron chi connectivity index (χ4n) is 1.98. The van der Waals surface area contributed by atoms with Gasteiger partial charge in [0.1, 0.15) is 0 Å². The molecule has 0 saturated heterocycles. The van der Waals surface area contributed by atoms with Crippen LogP contribution in [0.3, 0.4) is 0 Å². The molecule has 3 nitrogen and oxygen atoms in total. The quantitative estimate of drug-likeness (QED) is 0.869. The van der Waals surface area contributed by atoms with Crippen LogP contribution in [0.1, 0.15) is 32.6 Å². The van der Waals surface area contributed by atoms with Crippen LogP contribution in [0.5, 0.6) is 0 Å². The molecule has 0 aromatic heterocycles. The SMILES string of the molecule is CCC(CC1CC1)NS(=O)(=O)c1cccc(Br)c1. The molecule has 1 aliphatic rings. The van der Waals surface area contributed by atoms with Crippen LogP contribution in [0.15, 0.2) is 33.6 Å². The van der Waals surface area contributed by atoms with E-state index in [0.29, 0.717) is 4.90 Å². The maximum absolute atomic E-state index is 12.2. The first-order valence-corrected chi connectivity index (χ1v) is 8.57. The Hall–Kier alpha value is -0.390. The van der Waals surface area contributed by atoms with Crippen LogP contribution in [0.4, 0.5) is 0 Å². The Bertz CT molecular complexity index is 511. The Morgan fingerprint density at radius 3 is 2.72 bits per heavy atom. The van der Waals surface area contributed by atoms with Crippen LogP contribution in [-0.2, 0) is 10.0 Å². The van der Waals surface area contributed by atoms with E-state index in [2.05, 4.69) is 20.7 Å². The predicted octanol–water partition coefficient (Wildman–Crippen LogP) is 3.31. The summed E-state index contributed by atoms with van der Waals surface area (Å²) in [6.07, 6.45) is 4.29. The fraction of sp³-hybridized carbons (Fsp3) is 0.538. The number of nitrogens with one attached hydrogen (secondary N) is 1. The van der Waals surface area contributed by atoms with Gasteiger partial charge >= 0.3 is 0 Å². The lowest BCUT2D eigenvalue weighted by atomic mass is 10.1. The van der Waals surface area contributed by atoms with Crippen LogP contribution in [-0.4, -0.2) is 14.5 Å². The molecule has 1 aliphatic carbocycles. The molecular formula is C13H18BrNO2S. The smallest absolute Gasteiger partial charge is 0.208 e. The van der Waals surface area contributed by atoms with Gasteiger partial charge in [0, 0.05) is 10.5 Å². The topological polar surface area (TPSA) is 46.2 Å². The molecule has 0 heterocycles. The first-order valence-electron chi connectivity index (χ1n) is 6.29. The minimum atomic E-state index is -3.39. The van der Waals surface area contributed by atoms with E-state index in [4.69, 9.17) is 0 Å². The molecule has 1 fully saturated rings. The minimum absolute atomic E-state index is 0.0569. The number of halogens is 1. The highest BCUT2D eigenvalue weighted by Gasteiger charge is 2.27. The van der Waals surface area contributed by atoms with E-state index in [-0.39, 0.29) is 6.04 Å². The summed E-state index contributed by atoms with van der Waals surface area (Å²) in [6, 6.07) is 6.87. The van der Waals surface area contributed by atoms with E-state index in [1.54, 1.807) is 18.2 Å². The zero-order chi connectivity index (χ0) is 13.2. The second kappa shape index (κ2) is 5.72. The van der Waals surface area contributed by atoms with Gasteiger partial charge in [0.05, 0.1) is 4.90 Å². The molecule has 1 N–H and O–H groups in total. The zero-order valence-electron chi connectivity index (χ0n) is 10.4. The highest BCUT2D eigenvalue weighted by Crippen LogP contribution is 2.34. The van der Waals surface area contributed by atoms with Gasteiger partial charge in [0.2, 0.25) is 10.0 Å². The highest BCUT2D eigenvalue weighted by atomic mass is 79.9. The van der Waals surface area contributed by atoms with Crippen LogP contribution < -0.4 is 4.72 Å². The second-order valence-electron chi connectivity index (χ2n) is 4.86. The third-order valence-electron chi connectivity index (χ3n) is 3.24. The average molecular weight is 332 g/mol. The lowest BCUT2D eigenvalue weighted by Crippen LogP contribution is -2.34. The summed E-state index contributed by atoms with van der Waals surface area (Å²) >= 11 is 3.30. The molecular weight excluding hydrogens is 314 g/mol. The summed E-state index contributed by atoms with van der Waals surface area (Å²) < 4.78 is 28.0. The Labute approximate surface area is 117 Å². The van der Waals surface area contributed by atoms with E-state index in [1.807, 2.05) is 13.0 Å². The number of benzene rings is 1. The Morgan fingerprint density at radius 1 is 1.44 bits per heavy atom. The first-order chi connectivity index (χ1) is 8.51. The molecule has 1 atom stereocenters. The summed E-state index contributed by atoms with van der Waals surface area (Å²) in [6.45, 7) is 2.02. The van der Waals surface area contributed by atoms with Gasteiger partial charge in [-0.25, -0.2) is 13.1 Å². The molecule has 0 spiro atoms. The molecule has 1 aromatic rings. The van der Waals surface area contributed by atoms with E-state index in [0.717, 1.165) is 23.2 Å². The van der Waals surface area contributed by atoms with Crippen molar-refractivity contribution in [3.63, 3.8) is 0 Å². The van der Waals surface area contributed by atoms with Gasteiger partial charge in [-0.2, -0.15) is 0 Å². The van der Waals surface area contributed by atoms with Crippen LogP contribution in [0.2, 0.25) is 0 Å². The first kappa shape index (κ1) is 14.0. The van der Waals surface area contributed by atoms with E-state index >= 15 is 0 Å². The molecule has 2 rings (SSSR count). The van der Waals surface area contributed by atoms with Crippen molar-refractivity contribution < 1.29 is 8.42 Å². The van der Waals surface area contributed by atoms with Crippen molar-refractivity contribution in [3.05, 3.63) is 28.7 Å². The van der Waals surface area contributed by atoms with Crippen molar-refractivity contribution in [1.29, 1.82) is 0 Å². The normalized spacial score (nSPS) is 17.7.